The molecular weight excluding hydrogens is 327 g/mol. The molecule has 2 aromatic rings. The van der Waals surface area contributed by atoms with Crippen molar-refractivity contribution in [1.29, 1.82) is 0 Å². The van der Waals surface area contributed by atoms with Crippen LogP contribution in [0.4, 0.5) is 13.2 Å². The van der Waals surface area contributed by atoms with Crippen LogP contribution in [0, 0.1) is 0 Å². The summed E-state index contributed by atoms with van der Waals surface area (Å²) >= 11 is 0. The highest BCUT2D eigenvalue weighted by molar-refractivity contribution is 5.76. The number of hydrogen-bond acceptors (Lipinski definition) is 3. The SMILES string of the molecule is CC(NC(=O)Cn1ccc(=O)[nH]c1=O)c1ccc(C(F)(F)F)cc1. The molecule has 1 unspecified atom stereocenters. The summed E-state index contributed by atoms with van der Waals surface area (Å²) < 4.78 is 38.5. The molecule has 0 aliphatic rings. The largest absolute Gasteiger partial charge is 0.416 e. The molecule has 24 heavy (non-hydrogen) atoms. The maximum atomic E-state index is 12.5. The summed E-state index contributed by atoms with van der Waals surface area (Å²) in [5.41, 5.74) is -1.58. The minimum atomic E-state index is -4.42. The van der Waals surface area contributed by atoms with E-state index in [9.17, 15) is 27.6 Å². The van der Waals surface area contributed by atoms with Crippen LogP contribution < -0.4 is 16.6 Å². The third-order valence-corrected chi connectivity index (χ3v) is 3.33. The highest BCUT2D eigenvalue weighted by atomic mass is 19.4. The molecule has 0 aliphatic carbocycles. The first kappa shape index (κ1) is 17.5. The first-order chi connectivity index (χ1) is 11.2. The fourth-order valence-electron chi connectivity index (χ4n) is 2.05. The summed E-state index contributed by atoms with van der Waals surface area (Å²) in [5.74, 6) is -0.517. The molecule has 6 nitrogen and oxygen atoms in total. The highest BCUT2D eigenvalue weighted by Crippen LogP contribution is 2.29. The molecule has 0 spiro atoms. The van der Waals surface area contributed by atoms with Gasteiger partial charge in [-0.1, -0.05) is 12.1 Å². The number of hydrogen-bond donors (Lipinski definition) is 2. The number of aromatic amines is 1. The van der Waals surface area contributed by atoms with Crippen LogP contribution in [0.25, 0.3) is 0 Å². The van der Waals surface area contributed by atoms with Crippen LogP contribution in [0.1, 0.15) is 24.1 Å². The molecular formula is C15H14F3N3O3. The molecule has 0 saturated carbocycles. The average Bonchev–Trinajstić information content (AvgIpc) is 2.49. The lowest BCUT2D eigenvalue weighted by Crippen LogP contribution is -2.36. The second-order valence-electron chi connectivity index (χ2n) is 5.15. The average molecular weight is 341 g/mol. The van der Waals surface area contributed by atoms with Crippen LogP contribution >= 0.6 is 0 Å². The lowest BCUT2D eigenvalue weighted by Gasteiger charge is -2.16. The normalized spacial score (nSPS) is 12.7. The molecule has 0 fully saturated rings. The maximum absolute atomic E-state index is 12.5. The van der Waals surface area contributed by atoms with Gasteiger partial charge in [0.25, 0.3) is 5.56 Å². The number of carbonyl (C=O) groups excluding carboxylic acids is 1. The Morgan fingerprint density at radius 2 is 1.83 bits per heavy atom. The Morgan fingerprint density at radius 3 is 2.38 bits per heavy atom. The van der Waals surface area contributed by atoms with Crippen molar-refractivity contribution in [2.45, 2.75) is 25.7 Å². The van der Waals surface area contributed by atoms with E-state index in [4.69, 9.17) is 0 Å². The third-order valence-electron chi connectivity index (χ3n) is 3.33. The van der Waals surface area contributed by atoms with Gasteiger partial charge in [0.1, 0.15) is 6.54 Å². The van der Waals surface area contributed by atoms with E-state index in [1.165, 1.54) is 18.3 Å². The number of benzene rings is 1. The van der Waals surface area contributed by atoms with E-state index in [0.717, 1.165) is 22.8 Å². The zero-order valence-electron chi connectivity index (χ0n) is 12.6. The molecule has 1 amide bonds. The Bertz CT molecular complexity index is 838. The van der Waals surface area contributed by atoms with Crippen molar-refractivity contribution in [1.82, 2.24) is 14.9 Å². The quantitative estimate of drug-likeness (QED) is 0.882. The van der Waals surface area contributed by atoms with Crippen LogP contribution in [0.2, 0.25) is 0 Å². The van der Waals surface area contributed by atoms with Crippen LogP contribution in [0.5, 0.6) is 0 Å². The summed E-state index contributed by atoms with van der Waals surface area (Å²) in [6.07, 6.45) is -3.24. The zero-order valence-corrected chi connectivity index (χ0v) is 12.6. The van der Waals surface area contributed by atoms with E-state index < -0.39 is 34.9 Å². The van der Waals surface area contributed by atoms with Gasteiger partial charge in [0.15, 0.2) is 0 Å². The Balaban J connectivity index is 2.03. The third kappa shape index (κ3) is 4.34. The Kier molecular flexibility index (Phi) is 4.91. The van der Waals surface area contributed by atoms with Gasteiger partial charge >= 0.3 is 11.9 Å². The standard InChI is InChI=1S/C15H14F3N3O3/c1-9(10-2-4-11(5-3-10)15(16,17)18)19-13(23)8-21-7-6-12(22)20-14(21)24/h2-7,9H,8H2,1H3,(H,19,23)(H,20,22,24). The van der Waals surface area contributed by atoms with Gasteiger partial charge in [-0.2, -0.15) is 13.2 Å². The molecule has 0 saturated heterocycles. The van der Waals surface area contributed by atoms with E-state index >= 15 is 0 Å². The van der Waals surface area contributed by atoms with Crippen molar-refractivity contribution >= 4 is 5.91 Å². The number of nitrogens with zero attached hydrogens (tertiary/aromatic N) is 1. The Hall–Kier alpha value is -2.84. The monoisotopic (exact) mass is 341 g/mol. The number of aromatic nitrogens is 2. The molecule has 0 aliphatic heterocycles. The number of carbonyl (C=O) groups is 1. The van der Waals surface area contributed by atoms with Crippen molar-refractivity contribution in [3.8, 4) is 0 Å². The summed E-state index contributed by atoms with van der Waals surface area (Å²) in [7, 11) is 0. The fraction of sp³-hybridized carbons (Fsp3) is 0.267. The minimum absolute atomic E-state index is 0.319. The second-order valence-corrected chi connectivity index (χ2v) is 5.15. The lowest BCUT2D eigenvalue weighted by molar-refractivity contribution is -0.137. The molecule has 128 valence electrons. The highest BCUT2D eigenvalue weighted by Gasteiger charge is 2.30. The number of amides is 1. The number of H-pyrrole nitrogens is 1. The predicted molar refractivity (Wildman–Crippen MR) is 79.3 cm³/mol. The van der Waals surface area contributed by atoms with Crippen molar-refractivity contribution in [3.05, 3.63) is 68.5 Å². The van der Waals surface area contributed by atoms with Gasteiger partial charge in [0.05, 0.1) is 11.6 Å². The molecule has 2 rings (SSSR count). The van der Waals surface area contributed by atoms with E-state index in [2.05, 4.69) is 5.32 Å². The topological polar surface area (TPSA) is 84.0 Å². The first-order valence-corrected chi connectivity index (χ1v) is 6.93. The van der Waals surface area contributed by atoms with Crippen LogP contribution in [0.15, 0.2) is 46.1 Å². The summed E-state index contributed by atoms with van der Waals surface area (Å²) in [6, 6.07) is 4.99. The fourth-order valence-corrected chi connectivity index (χ4v) is 2.05. The van der Waals surface area contributed by atoms with E-state index in [0.29, 0.717) is 5.56 Å². The van der Waals surface area contributed by atoms with Crippen LogP contribution in [-0.2, 0) is 17.5 Å². The zero-order chi connectivity index (χ0) is 17.9. The smallest absolute Gasteiger partial charge is 0.348 e. The summed E-state index contributed by atoms with van der Waals surface area (Å²) in [5, 5.41) is 2.57. The van der Waals surface area contributed by atoms with Crippen molar-refractivity contribution in [3.63, 3.8) is 0 Å². The maximum Gasteiger partial charge on any atom is 0.416 e. The van der Waals surface area contributed by atoms with Crippen LogP contribution in [0.3, 0.4) is 0 Å². The van der Waals surface area contributed by atoms with Gasteiger partial charge in [0.2, 0.25) is 5.91 Å². The Morgan fingerprint density at radius 1 is 1.21 bits per heavy atom. The summed E-state index contributed by atoms with van der Waals surface area (Å²) in [4.78, 5) is 36.4. The molecule has 1 heterocycles. The Labute approximate surface area is 133 Å². The van der Waals surface area contributed by atoms with Gasteiger partial charge in [-0.15, -0.1) is 0 Å². The first-order valence-electron chi connectivity index (χ1n) is 6.93. The van der Waals surface area contributed by atoms with E-state index in [1.54, 1.807) is 6.92 Å². The number of rotatable bonds is 4. The second kappa shape index (κ2) is 6.73. The van der Waals surface area contributed by atoms with E-state index in [-0.39, 0.29) is 6.54 Å². The minimum Gasteiger partial charge on any atom is -0.348 e. The van der Waals surface area contributed by atoms with Gasteiger partial charge in [0, 0.05) is 12.3 Å². The molecule has 1 aromatic carbocycles. The van der Waals surface area contributed by atoms with Gasteiger partial charge in [-0.05, 0) is 24.6 Å². The molecule has 0 radical (unpaired) electrons. The van der Waals surface area contributed by atoms with E-state index in [1.807, 2.05) is 4.98 Å². The molecule has 2 N–H and O–H groups in total. The van der Waals surface area contributed by atoms with Crippen molar-refractivity contribution in [2.75, 3.05) is 0 Å². The summed E-state index contributed by atoms with van der Waals surface area (Å²) in [6.45, 7) is 1.29. The van der Waals surface area contributed by atoms with Gasteiger partial charge in [-0.3, -0.25) is 19.1 Å². The molecule has 1 atom stereocenters. The predicted octanol–water partition coefficient (Wildman–Crippen LogP) is 1.43. The number of alkyl halides is 3. The van der Waals surface area contributed by atoms with Crippen LogP contribution in [-0.4, -0.2) is 15.5 Å². The van der Waals surface area contributed by atoms with Crippen molar-refractivity contribution in [2.24, 2.45) is 0 Å². The molecule has 9 heteroatoms. The number of halogens is 3. The lowest BCUT2D eigenvalue weighted by atomic mass is 10.1. The van der Waals surface area contributed by atoms with Gasteiger partial charge in [-0.25, -0.2) is 4.79 Å². The number of nitrogens with one attached hydrogen (secondary N) is 2. The van der Waals surface area contributed by atoms with Gasteiger partial charge < -0.3 is 5.32 Å². The molecule has 1 aromatic heterocycles. The van der Waals surface area contributed by atoms with Crippen molar-refractivity contribution < 1.29 is 18.0 Å². The molecule has 0 bridgehead atoms.